The first-order valence-electron chi connectivity index (χ1n) is 12.3. The highest BCUT2D eigenvalue weighted by atomic mass is 35.5. The summed E-state index contributed by atoms with van der Waals surface area (Å²) in [6, 6.07) is -0.312. The maximum atomic E-state index is 13.6. The molecular weight excluding hydrogens is 515 g/mol. The number of piperazine rings is 1. The van der Waals surface area contributed by atoms with Crippen molar-refractivity contribution in [3.8, 4) is 0 Å². The molecular formula is C23H27ClF3N7O3. The highest BCUT2D eigenvalue weighted by Crippen LogP contribution is 2.39. The molecule has 0 spiro atoms. The minimum absolute atomic E-state index is 0.0104. The van der Waals surface area contributed by atoms with Crippen molar-refractivity contribution in [3.63, 3.8) is 0 Å². The second-order valence-corrected chi connectivity index (χ2v) is 9.94. The predicted molar refractivity (Wildman–Crippen MR) is 129 cm³/mol. The second kappa shape index (κ2) is 10.4. The standard InChI is InChI=1S/C23H27ClF3N7O3/c24-14-11-28-22(29-12-14)33-8-6-32(7-9-33)19(35)10-15-3-4-18(37-15)16-2-1-5-34(16)17-13-30-31-21(36)20(17)23(25,26)27/h11-13,15-16,18H,1-10H2,(H,31,36)/t15-,16+,18-/m1/s1. The molecule has 1 amide bonds. The molecule has 3 saturated heterocycles. The monoisotopic (exact) mass is 541 g/mol. The number of hydrogen-bond donors (Lipinski definition) is 1. The van der Waals surface area contributed by atoms with E-state index >= 15 is 0 Å². The molecule has 5 rings (SSSR count). The van der Waals surface area contributed by atoms with Gasteiger partial charge in [-0.3, -0.25) is 9.59 Å². The third-order valence-corrected chi connectivity index (χ3v) is 7.42. The van der Waals surface area contributed by atoms with Crippen LogP contribution in [0.3, 0.4) is 0 Å². The summed E-state index contributed by atoms with van der Waals surface area (Å²) in [7, 11) is 0. The number of rotatable bonds is 5. The normalized spacial score (nSPS) is 24.6. The number of aromatic amines is 1. The first kappa shape index (κ1) is 25.7. The van der Waals surface area contributed by atoms with Crippen LogP contribution < -0.4 is 15.4 Å². The Labute approximate surface area is 215 Å². The van der Waals surface area contributed by atoms with Gasteiger partial charge in [0.1, 0.15) is 5.56 Å². The molecule has 200 valence electrons. The lowest BCUT2D eigenvalue weighted by molar-refractivity contribution is -0.138. The van der Waals surface area contributed by atoms with E-state index in [9.17, 15) is 22.8 Å². The Bertz CT molecular complexity index is 1170. The molecule has 3 atom stereocenters. The van der Waals surface area contributed by atoms with Gasteiger partial charge < -0.3 is 19.4 Å². The third-order valence-electron chi connectivity index (χ3n) is 7.22. The van der Waals surface area contributed by atoms with E-state index in [0.29, 0.717) is 69.4 Å². The van der Waals surface area contributed by atoms with Crippen LogP contribution >= 0.6 is 11.6 Å². The van der Waals surface area contributed by atoms with E-state index in [1.807, 2.05) is 10.00 Å². The molecule has 0 unspecified atom stereocenters. The van der Waals surface area contributed by atoms with Crippen LogP contribution in [-0.2, 0) is 15.7 Å². The maximum absolute atomic E-state index is 13.6. The van der Waals surface area contributed by atoms with Crippen molar-refractivity contribution in [2.75, 3.05) is 42.5 Å². The highest BCUT2D eigenvalue weighted by molar-refractivity contribution is 6.30. The maximum Gasteiger partial charge on any atom is 0.423 e. The number of nitrogens with one attached hydrogen (secondary N) is 1. The van der Waals surface area contributed by atoms with Gasteiger partial charge in [0.15, 0.2) is 0 Å². The zero-order valence-electron chi connectivity index (χ0n) is 20.0. The number of H-pyrrole nitrogens is 1. The van der Waals surface area contributed by atoms with Gasteiger partial charge in [-0.25, -0.2) is 15.1 Å². The lowest BCUT2D eigenvalue weighted by Gasteiger charge is -2.35. The SMILES string of the molecule is O=C(C[C@H]1CC[C@H]([C@@H]2CCCN2c2cn[nH]c(=O)c2C(F)(F)F)O1)N1CCN(c2ncc(Cl)cn2)CC1. The molecule has 14 heteroatoms. The van der Waals surface area contributed by atoms with Crippen LogP contribution in [0, 0.1) is 0 Å². The second-order valence-electron chi connectivity index (χ2n) is 9.51. The molecule has 0 saturated carbocycles. The van der Waals surface area contributed by atoms with Crippen LogP contribution in [0.25, 0.3) is 0 Å². The van der Waals surface area contributed by atoms with E-state index < -0.39 is 17.3 Å². The Kier molecular flexibility index (Phi) is 7.26. The fourth-order valence-electron chi connectivity index (χ4n) is 5.47. The summed E-state index contributed by atoms with van der Waals surface area (Å²) in [5.41, 5.74) is -2.71. The number of halogens is 4. The number of carbonyl (C=O) groups excluding carboxylic acids is 1. The lowest BCUT2D eigenvalue weighted by Crippen LogP contribution is -2.49. The molecule has 3 fully saturated rings. The summed E-state index contributed by atoms with van der Waals surface area (Å²) in [5, 5.41) is 5.96. The van der Waals surface area contributed by atoms with Crippen molar-refractivity contribution >= 4 is 29.1 Å². The highest BCUT2D eigenvalue weighted by Gasteiger charge is 2.44. The van der Waals surface area contributed by atoms with Crippen molar-refractivity contribution in [1.29, 1.82) is 0 Å². The van der Waals surface area contributed by atoms with Crippen molar-refractivity contribution < 1.29 is 22.7 Å². The van der Waals surface area contributed by atoms with Crippen LogP contribution in [0.15, 0.2) is 23.4 Å². The van der Waals surface area contributed by atoms with Gasteiger partial charge in [-0.15, -0.1) is 0 Å². The summed E-state index contributed by atoms with van der Waals surface area (Å²) in [6.45, 7) is 2.65. The van der Waals surface area contributed by atoms with Crippen LogP contribution in [-0.4, -0.2) is 81.9 Å². The number of anilines is 2. The average molecular weight is 542 g/mol. The number of carbonyl (C=O) groups is 1. The minimum Gasteiger partial charge on any atom is -0.372 e. The van der Waals surface area contributed by atoms with Crippen LogP contribution in [0.1, 0.15) is 37.7 Å². The fourth-order valence-corrected chi connectivity index (χ4v) is 5.57. The summed E-state index contributed by atoms with van der Waals surface area (Å²) >= 11 is 5.85. The third kappa shape index (κ3) is 5.52. The van der Waals surface area contributed by atoms with Crippen molar-refractivity contribution in [2.24, 2.45) is 0 Å². The largest absolute Gasteiger partial charge is 0.423 e. The van der Waals surface area contributed by atoms with Gasteiger partial charge in [0.05, 0.1) is 54.0 Å². The van der Waals surface area contributed by atoms with E-state index in [4.69, 9.17) is 16.3 Å². The van der Waals surface area contributed by atoms with E-state index in [0.717, 1.165) is 6.20 Å². The predicted octanol–water partition coefficient (Wildman–Crippen LogP) is 2.49. The topological polar surface area (TPSA) is 108 Å². The zero-order chi connectivity index (χ0) is 26.2. The number of aromatic nitrogens is 4. The summed E-state index contributed by atoms with van der Waals surface area (Å²) in [5.74, 6) is 0.563. The van der Waals surface area contributed by atoms with Crippen LogP contribution in [0.2, 0.25) is 5.02 Å². The molecule has 1 N–H and O–H groups in total. The summed E-state index contributed by atoms with van der Waals surface area (Å²) < 4.78 is 47.1. The molecule has 3 aliphatic heterocycles. The molecule has 37 heavy (non-hydrogen) atoms. The molecule has 0 aliphatic carbocycles. The average Bonchev–Trinajstić information content (AvgIpc) is 3.53. The van der Waals surface area contributed by atoms with Gasteiger partial charge in [0.2, 0.25) is 11.9 Å². The van der Waals surface area contributed by atoms with Crippen LogP contribution in [0.4, 0.5) is 24.8 Å². The lowest BCUT2D eigenvalue weighted by atomic mass is 10.0. The fraction of sp³-hybridized carbons (Fsp3) is 0.609. The van der Waals surface area contributed by atoms with Crippen molar-refractivity contribution in [3.05, 3.63) is 39.5 Å². The summed E-state index contributed by atoms with van der Waals surface area (Å²) in [6.07, 6.45) is 1.56. The van der Waals surface area contributed by atoms with E-state index in [1.165, 1.54) is 12.4 Å². The van der Waals surface area contributed by atoms with Crippen LogP contribution in [0.5, 0.6) is 0 Å². The van der Waals surface area contributed by atoms with Crippen molar-refractivity contribution in [1.82, 2.24) is 25.1 Å². The molecule has 0 aromatic carbocycles. The molecule has 2 aromatic rings. The zero-order valence-corrected chi connectivity index (χ0v) is 20.7. The number of alkyl halides is 3. The molecule has 10 nitrogen and oxygen atoms in total. The van der Waals surface area contributed by atoms with E-state index in [2.05, 4.69) is 15.1 Å². The van der Waals surface area contributed by atoms with Gasteiger partial charge >= 0.3 is 6.18 Å². The Morgan fingerprint density at radius 2 is 1.81 bits per heavy atom. The Morgan fingerprint density at radius 3 is 2.51 bits per heavy atom. The van der Waals surface area contributed by atoms with Gasteiger partial charge in [-0.1, -0.05) is 11.6 Å². The Balaban J connectivity index is 1.17. The number of nitrogens with zero attached hydrogens (tertiary/aromatic N) is 6. The van der Waals surface area contributed by atoms with E-state index in [1.54, 1.807) is 9.80 Å². The first-order chi connectivity index (χ1) is 17.7. The van der Waals surface area contributed by atoms with Gasteiger partial charge in [0, 0.05) is 32.7 Å². The summed E-state index contributed by atoms with van der Waals surface area (Å²) in [4.78, 5) is 38.7. The van der Waals surface area contributed by atoms with E-state index in [-0.39, 0.29) is 36.3 Å². The number of hydrogen-bond acceptors (Lipinski definition) is 8. The Hall–Kier alpha value is -2.93. The number of ether oxygens (including phenoxy) is 1. The van der Waals surface area contributed by atoms with Gasteiger partial charge in [0.25, 0.3) is 5.56 Å². The molecule has 0 radical (unpaired) electrons. The minimum atomic E-state index is -4.80. The Morgan fingerprint density at radius 1 is 1.08 bits per heavy atom. The molecule has 0 bridgehead atoms. The van der Waals surface area contributed by atoms with Gasteiger partial charge in [-0.05, 0) is 25.7 Å². The first-order valence-corrected chi connectivity index (χ1v) is 12.7. The quantitative estimate of drug-likeness (QED) is 0.615. The van der Waals surface area contributed by atoms with Crippen molar-refractivity contribution in [2.45, 2.75) is 56.5 Å². The molecule has 2 aromatic heterocycles. The smallest absolute Gasteiger partial charge is 0.372 e. The molecule has 5 heterocycles. The molecule has 3 aliphatic rings. The number of amides is 1. The van der Waals surface area contributed by atoms with Gasteiger partial charge in [-0.2, -0.15) is 18.3 Å².